The molecule has 2 heterocycles. The smallest absolute Gasteiger partial charge is 0.227 e. The Morgan fingerprint density at radius 3 is 2.88 bits per heavy atom. The van der Waals surface area contributed by atoms with Gasteiger partial charge in [0.2, 0.25) is 17.6 Å². The molecule has 0 unspecified atom stereocenters. The molecule has 0 fully saturated rings. The van der Waals surface area contributed by atoms with Gasteiger partial charge in [0.05, 0.1) is 7.11 Å². The molecule has 0 aliphatic rings. The molecule has 1 aromatic carbocycles. The second-order valence-corrected chi connectivity index (χ2v) is 5.71. The summed E-state index contributed by atoms with van der Waals surface area (Å²) in [5.74, 6) is 1.68. The Labute approximate surface area is 151 Å². The van der Waals surface area contributed by atoms with Crippen LogP contribution in [0.5, 0.6) is 5.75 Å². The van der Waals surface area contributed by atoms with Crippen molar-refractivity contribution in [2.24, 2.45) is 0 Å². The van der Waals surface area contributed by atoms with E-state index in [0.717, 1.165) is 24.3 Å². The summed E-state index contributed by atoms with van der Waals surface area (Å²) < 4.78 is 12.2. The van der Waals surface area contributed by atoms with Crippen LogP contribution in [0.1, 0.15) is 18.7 Å². The van der Waals surface area contributed by atoms with Gasteiger partial charge in [0, 0.05) is 43.9 Å². The lowest BCUT2D eigenvalue weighted by atomic mass is 10.2. The SMILES string of the molecule is COc1ccc(-c2noc(CCC(=O)NCCCn3cccn3)n2)cc1. The molecule has 1 N–H and O–H groups in total. The van der Waals surface area contributed by atoms with Crippen LogP contribution in [0, 0.1) is 0 Å². The number of methoxy groups -OCH3 is 1. The standard InChI is InChI=1S/C18H21N5O3/c1-25-15-6-4-14(5-7-15)18-21-17(26-22-18)9-8-16(24)19-10-2-12-23-13-3-11-20-23/h3-7,11,13H,2,8-10,12H2,1H3,(H,19,24). The Hall–Kier alpha value is -3.16. The van der Waals surface area contributed by atoms with Gasteiger partial charge < -0.3 is 14.6 Å². The van der Waals surface area contributed by atoms with Crippen LogP contribution in [0.15, 0.2) is 47.2 Å². The number of benzene rings is 1. The van der Waals surface area contributed by atoms with E-state index >= 15 is 0 Å². The van der Waals surface area contributed by atoms with Crippen LogP contribution in [0.2, 0.25) is 0 Å². The molecule has 26 heavy (non-hydrogen) atoms. The van der Waals surface area contributed by atoms with E-state index in [1.807, 2.05) is 41.2 Å². The first-order valence-corrected chi connectivity index (χ1v) is 8.46. The molecule has 0 bridgehead atoms. The number of ether oxygens (including phenoxy) is 1. The molecule has 0 saturated heterocycles. The predicted octanol–water partition coefficient (Wildman–Crippen LogP) is 2.08. The fourth-order valence-electron chi connectivity index (χ4n) is 2.42. The third kappa shape index (κ3) is 4.92. The van der Waals surface area contributed by atoms with Gasteiger partial charge in [0.1, 0.15) is 5.75 Å². The van der Waals surface area contributed by atoms with E-state index in [2.05, 4.69) is 20.6 Å². The maximum atomic E-state index is 11.9. The molecule has 0 radical (unpaired) electrons. The lowest BCUT2D eigenvalue weighted by molar-refractivity contribution is -0.121. The van der Waals surface area contributed by atoms with E-state index < -0.39 is 0 Å². The lowest BCUT2D eigenvalue weighted by Crippen LogP contribution is -2.25. The Morgan fingerprint density at radius 2 is 2.15 bits per heavy atom. The van der Waals surface area contributed by atoms with Gasteiger partial charge in [-0.2, -0.15) is 10.1 Å². The molecular formula is C18H21N5O3. The molecule has 2 aromatic heterocycles. The quantitative estimate of drug-likeness (QED) is 0.591. The van der Waals surface area contributed by atoms with Crippen molar-refractivity contribution in [2.75, 3.05) is 13.7 Å². The first-order valence-electron chi connectivity index (χ1n) is 8.46. The number of hydrogen-bond donors (Lipinski definition) is 1. The molecule has 3 rings (SSSR count). The molecular weight excluding hydrogens is 334 g/mol. The van der Waals surface area contributed by atoms with Crippen LogP contribution >= 0.6 is 0 Å². The molecule has 0 aliphatic carbocycles. The number of amides is 1. The van der Waals surface area contributed by atoms with Crippen molar-refractivity contribution >= 4 is 5.91 Å². The largest absolute Gasteiger partial charge is 0.497 e. The molecule has 1 amide bonds. The van der Waals surface area contributed by atoms with E-state index in [1.54, 1.807) is 13.3 Å². The number of nitrogens with zero attached hydrogens (tertiary/aromatic N) is 4. The first kappa shape index (κ1) is 17.7. The number of aromatic nitrogens is 4. The third-order valence-electron chi connectivity index (χ3n) is 3.83. The normalized spacial score (nSPS) is 10.7. The van der Waals surface area contributed by atoms with Gasteiger partial charge in [-0.1, -0.05) is 5.16 Å². The van der Waals surface area contributed by atoms with E-state index in [1.165, 1.54) is 0 Å². The van der Waals surface area contributed by atoms with Gasteiger partial charge in [-0.25, -0.2) is 0 Å². The molecule has 8 heteroatoms. The summed E-state index contributed by atoms with van der Waals surface area (Å²) in [6.07, 6.45) is 5.19. The van der Waals surface area contributed by atoms with Gasteiger partial charge in [-0.3, -0.25) is 9.48 Å². The Morgan fingerprint density at radius 1 is 1.31 bits per heavy atom. The Bertz CT molecular complexity index is 812. The number of hydrogen-bond acceptors (Lipinski definition) is 6. The molecule has 0 aliphatic heterocycles. The molecule has 136 valence electrons. The van der Waals surface area contributed by atoms with Crippen LogP contribution in [0.3, 0.4) is 0 Å². The molecule has 3 aromatic rings. The summed E-state index contributed by atoms with van der Waals surface area (Å²) in [7, 11) is 1.61. The molecule has 0 atom stereocenters. The van der Waals surface area contributed by atoms with Crippen molar-refractivity contribution in [1.82, 2.24) is 25.2 Å². The summed E-state index contributed by atoms with van der Waals surface area (Å²) >= 11 is 0. The van der Waals surface area contributed by atoms with Gasteiger partial charge in [-0.05, 0) is 36.8 Å². The van der Waals surface area contributed by atoms with Crippen molar-refractivity contribution < 1.29 is 14.1 Å². The fourth-order valence-corrected chi connectivity index (χ4v) is 2.42. The monoisotopic (exact) mass is 355 g/mol. The number of aryl methyl sites for hydroxylation is 2. The zero-order valence-electron chi connectivity index (χ0n) is 14.6. The van der Waals surface area contributed by atoms with Gasteiger partial charge in [-0.15, -0.1) is 0 Å². The first-order chi connectivity index (χ1) is 12.7. The van der Waals surface area contributed by atoms with Crippen LogP contribution in [0.4, 0.5) is 0 Å². The van der Waals surface area contributed by atoms with Crippen molar-refractivity contribution in [1.29, 1.82) is 0 Å². The number of rotatable bonds is 9. The van der Waals surface area contributed by atoms with E-state index in [-0.39, 0.29) is 5.91 Å². The minimum atomic E-state index is -0.0327. The minimum absolute atomic E-state index is 0.0327. The Balaban J connectivity index is 1.40. The second kappa shape index (κ2) is 8.80. The summed E-state index contributed by atoms with van der Waals surface area (Å²) in [4.78, 5) is 16.2. The highest BCUT2D eigenvalue weighted by Crippen LogP contribution is 2.19. The molecule has 8 nitrogen and oxygen atoms in total. The topological polar surface area (TPSA) is 95.1 Å². The fraction of sp³-hybridized carbons (Fsp3) is 0.333. The average molecular weight is 355 g/mol. The molecule has 0 saturated carbocycles. The van der Waals surface area contributed by atoms with Crippen molar-refractivity contribution in [2.45, 2.75) is 25.8 Å². The minimum Gasteiger partial charge on any atom is -0.497 e. The van der Waals surface area contributed by atoms with Crippen LogP contribution in [0.25, 0.3) is 11.4 Å². The summed E-state index contributed by atoms with van der Waals surface area (Å²) in [5.41, 5.74) is 0.837. The molecule has 0 spiro atoms. The zero-order valence-corrected chi connectivity index (χ0v) is 14.6. The van der Waals surface area contributed by atoms with Gasteiger partial charge in [0.15, 0.2) is 0 Å². The zero-order chi connectivity index (χ0) is 18.2. The Kier molecular flexibility index (Phi) is 5.97. The van der Waals surface area contributed by atoms with Crippen LogP contribution < -0.4 is 10.1 Å². The highest BCUT2D eigenvalue weighted by Gasteiger charge is 2.10. The number of nitrogens with one attached hydrogen (secondary N) is 1. The lowest BCUT2D eigenvalue weighted by Gasteiger charge is -2.04. The van der Waals surface area contributed by atoms with Crippen molar-refractivity contribution in [3.8, 4) is 17.1 Å². The van der Waals surface area contributed by atoms with Crippen LogP contribution in [-0.2, 0) is 17.8 Å². The highest BCUT2D eigenvalue weighted by atomic mass is 16.5. The highest BCUT2D eigenvalue weighted by molar-refractivity contribution is 5.75. The third-order valence-corrected chi connectivity index (χ3v) is 3.83. The maximum absolute atomic E-state index is 11.9. The summed E-state index contributed by atoms with van der Waals surface area (Å²) in [6, 6.07) is 9.27. The second-order valence-electron chi connectivity index (χ2n) is 5.71. The van der Waals surface area contributed by atoms with E-state index in [0.29, 0.717) is 31.1 Å². The van der Waals surface area contributed by atoms with Gasteiger partial charge >= 0.3 is 0 Å². The average Bonchev–Trinajstić information content (AvgIpc) is 3.35. The number of carbonyl (C=O) groups excluding carboxylic acids is 1. The van der Waals surface area contributed by atoms with Crippen molar-refractivity contribution in [3.05, 3.63) is 48.6 Å². The summed E-state index contributed by atoms with van der Waals surface area (Å²) in [5, 5.41) is 11.0. The van der Waals surface area contributed by atoms with Crippen LogP contribution in [-0.4, -0.2) is 39.5 Å². The van der Waals surface area contributed by atoms with Gasteiger partial charge in [0.25, 0.3) is 0 Å². The van der Waals surface area contributed by atoms with Crippen molar-refractivity contribution in [3.63, 3.8) is 0 Å². The predicted molar refractivity (Wildman–Crippen MR) is 94.5 cm³/mol. The number of carbonyl (C=O) groups is 1. The van der Waals surface area contributed by atoms with E-state index in [4.69, 9.17) is 9.26 Å². The maximum Gasteiger partial charge on any atom is 0.227 e. The van der Waals surface area contributed by atoms with E-state index in [9.17, 15) is 4.79 Å². The summed E-state index contributed by atoms with van der Waals surface area (Å²) in [6.45, 7) is 1.39.